The summed E-state index contributed by atoms with van der Waals surface area (Å²) in [4.78, 5) is 15.1. The van der Waals surface area contributed by atoms with Gasteiger partial charge in [-0.05, 0) is 24.6 Å². The van der Waals surface area contributed by atoms with E-state index in [4.69, 9.17) is 9.52 Å². The monoisotopic (exact) mass is 299 g/mol. The van der Waals surface area contributed by atoms with E-state index in [0.717, 1.165) is 12.1 Å². The number of hydrogen-bond acceptors (Lipinski definition) is 3. The zero-order valence-electron chi connectivity index (χ0n) is 11.1. The smallest absolute Gasteiger partial charge is 0.416 e. The third-order valence-corrected chi connectivity index (χ3v) is 2.82. The summed E-state index contributed by atoms with van der Waals surface area (Å²) >= 11 is 0. The molecule has 0 radical (unpaired) electrons. The highest BCUT2D eigenvalue weighted by Crippen LogP contribution is 2.32. The van der Waals surface area contributed by atoms with Crippen LogP contribution in [-0.4, -0.2) is 16.1 Å². The molecule has 2 rings (SSSR count). The van der Waals surface area contributed by atoms with Crippen LogP contribution in [0.25, 0.3) is 11.5 Å². The molecule has 0 unspecified atom stereocenters. The van der Waals surface area contributed by atoms with Gasteiger partial charge in [-0.3, -0.25) is 0 Å². The predicted molar refractivity (Wildman–Crippen MR) is 67.9 cm³/mol. The Bertz CT molecular complexity index is 662. The molecule has 0 saturated carbocycles. The first-order valence-corrected chi connectivity index (χ1v) is 6.23. The van der Waals surface area contributed by atoms with Crippen molar-refractivity contribution < 1.29 is 27.5 Å². The molecule has 0 fully saturated rings. The minimum absolute atomic E-state index is 0.0923. The lowest BCUT2D eigenvalue weighted by atomic mass is 10.1. The van der Waals surface area contributed by atoms with Gasteiger partial charge in [0, 0.05) is 5.56 Å². The molecule has 21 heavy (non-hydrogen) atoms. The Morgan fingerprint density at radius 3 is 2.67 bits per heavy atom. The topological polar surface area (TPSA) is 63.3 Å². The quantitative estimate of drug-likeness (QED) is 0.926. The van der Waals surface area contributed by atoms with E-state index in [1.807, 2.05) is 6.92 Å². The number of carboxylic acid groups (broad SMARTS) is 1. The second kappa shape index (κ2) is 5.59. The second-order valence-corrected chi connectivity index (χ2v) is 4.43. The lowest BCUT2D eigenvalue weighted by Gasteiger charge is -2.06. The largest absolute Gasteiger partial charge is 0.475 e. The molecule has 1 aromatic heterocycles. The molecular formula is C14H12F3NO3. The number of rotatable bonds is 4. The Morgan fingerprint density at radius 2 is 2.10 bits per heavy atom. The van der Waals surface area contributed by atoms with Gasteiger partial charge in [0.15, 0.2) is 0 Å². The third-order valence-electron chi connectivity index (χ3n) is 2.82. The molecular weight excluding hydrogens is 287 g/mol. The van der Waals surface area contributed by atoms with Crippen LogP contribution < -0.4 is 0 Å². The summed E-state index contributed by atoms with van der Waals surface area (Å²) in [5.74, 6) is -1.74. The zero-order chi connectivity index (χ0) is 15.6. The number of hydrogen-bond donors (Lipinski definition) is 1. The Morgan fingerprint density at radius 1 is 1.38 bits per heavy atom. The fourth-order valence-corrected chi connectivity index (χ4v) is 1.88. The minimum atomic E-state index is -4.48. The molecule has 0 atom stereocenters. The zero-order valence-corrected chi connectivity index (χ0v) is 11.1. The van der Waals surface area contributed by atoms with Crippen LogP contribution in [-0.2, 0) is 12.6 Å². The number of aromatic carboxylic acids is 1. The summed E-state index contributed by atoms with van der Waals surface area (Å²) in [5, 5.41) is 9.02. The van der Waals surface area contributed by atoms with Crippen LogP contribution in [0.3, 0.4) is 0 Å². The van der Waals surface area contributed by atoms with Crippen molar-refractivity contribution >= 4 is 5.97 Å². The number of carboxylic acids is 1. The van der Waals surface area contributed by atoms with Gasteiger partial charge in [0.1, 0.15) is 0 Å². The number of benzene rings is 1. The maximum absolute atomic E-state index is 12.7. The van der Waals surface area contributed by atoms with Crippen LogP contribution in [0.1, 0.15) is 35.2 Å². The Kier molecular flexibility index (Phi) is 4.02. The number of nitrogens with zero attached hydrogens (tertiary/aromatic N) is 1. The highest BCUT2D eigenvalue weighted by molar-refractivity contribution is 5.86. The fraction of sp³-hybridized carbons (Fsp3) is 0.286. The fourth-order valence-electron chi connectivity index (χ4n) is 1.88. The van der Waals surface area contributed by atoms with Crippen LogP contribution in [0.5, 0.6) is 0 Å². The summed E-state index contributed by atoms with van der Waals surface area (Å²) < 4.78 is 43.1. The Labute approximate surface area is 118 Å². The minimum Gasteiger partial charge on any atom is -0.475 e. The lowest BCUT2D eigenvalue weighted by Crippen LogP contribution is -2.04. The molecule has 1 heterocycles. The first kappa shape index (κ1) is 15.1. The van der Waals surface area contributed by atoms with Crippen molar-refractivity contribution in [1.29, 1.82) is 0 Å². The van der Waals surface area contributed by atoms with Crippen LogP contribution in [0.4, 0.5) is 13.2 Å². The number of alkyl halides is 3. The third kappa shape index (κ3) is 3.24. The number of oxazole rings is 1. The molecule has 7 heteroatoms. The van der Waals surface area contributed by atoms with Crippen molar-refractivity contribution in [3.05, 3.63) is 41.3 Å². The molecule has 4 nitrogen and oxygen atoms in total. The first-order chi connectivity index (χ1) is 9.82. The van der Waals surface area contributed by atoms with Gasteiger partial charge >= 0.3 is 12.1 Å². The Balaban J connectivity index is 2.47. The molecule has 0 spiro atoms. The maximum atomic E-state index is 12.7. The number of aromatic nitrogens is 1. The van der Waals surface area contributed by atoms with Gasteiger partial charge in [0.25, 0.3) is 0 Å². The standard InChI is InChI=1S/C14H12F3NO3/c1-2-4-10-11(13(19)20)21-12(18-10)8-5-3-6-9(7-8)14(15,16)17/h3,5-7H,2,4H2,1H3,(H,19,20). The molecule has 0 amide bonds. The molecule has 2 aromatic rings. The average Bonchev–Trinajstić information content (AvgIpc) is 2.83. The highest BCUT2D eigenvalue weighted by Gasteiger charge is 2.31. The summed E-state index contributed by atoms with van der Waals surface area (Å²) in [6.07, 6.45) is -3.45. The summed E-state index contributed by atoms with van der Waals surface area (Å²) in [7, 11) is 0. The summed E-state index contributed by atoms with van der Waals surface area (Å²) in [6.45, 7) is 1.84. The van der Waals surface area contributed by atoms with E-state index < -0.39 is 17.7 Å². The first-order valence-electron chi connectivity index (χ1n) is 6.23. The molecule has 1 N–H and O–H groups in total. The molecule has 0 aliphatic carbocycles. The van der Waals surface area contributed by atoms with Crippen molar-refractivity contribution in [2.45, 2.75) is 25.9 Å². The predicted octanol–water partition coefficient (Wildman–Crippen LogP) is 4.01. The van der Waals surface area contributed by atoms with Crippen LogP contribution in [0.2, 0.25) is 0 Å². The van der Waals surface area contributed by atoms with E-state index in [-0.39, 0.29) is 22.9 Å². The van der Waals surface area contributed by atoms with Gasteiger partial charge in [0.2, 0.25) is 11.7 Å². The van der Waals surface area contributed by atoms with Crippen molar-refractivity contribution in [3.63, 3.8) is 0 Å². The van der Waals surface area contributed by atoms with E-state index in [9.17, 15) is 18.0 Å². The van der Waals surface area contributed by atoms with Crippen molar-refractivity contribution in [1.82, 2.24) is 4.98 Å². The second-order valence-electron chi connectivity index (χ2n) is 4.43. The molecule has 112 valence electrons. The van der Waals surface area contributed by atoms with E-state index in [1.54, 1.807) is 0 Å². The molecule has 0 saturated heterocycles. The van der Waals surface area contributed by atoms with Gasteiger partial charge in [-0.25, -0.2) is 9.78 Å². The van der Waals surface area contributed by atoms with E-state index in [0.29, 0.717) is 12.8 Å². The molecule has 0 aliphatic heterocycles. The number of aryl methyl sites for hydroxylation is 1. The van der Waals surface area contributed by atoms with E-state index in [2.05, 4.69) is 4.98 Å². The van der Waals surface area contributed by atoms with Gasteiger partial charge < -0.3 is 9.52 Å². The summed E-state index contributed by atoms with van der Waals surface area (Å²) in [6, 6.07) is 4.43. The molecule has 0 aliphatic rings. The van der Waals surface area contributed by atoms with Crippen molar-refractivity contribution in [2.75, 3.05) is 0 Å². The van der Waals surface area contributed by atoms with Gasteiger partial charge in [0.05, 0.1) is 11.3 Å². The van der Waals surface area contributed by atoms with Gasteiger partial charge in [-0.2, -0.15) is 13.2 Å². The maximum Gasteiger partial charge on any atom is 0.416 e. The van der Waals surface area contributed by atoms with E-state index >= 15 is 0 Å². The van der Waals surface area contributed by atoms with E-state index in [1.165, 1.54) is 12.1 Å². The summed E-state index contributed by atoms with van der Waals surface area (Å²) in [5.41, 5.74) is -0.515. The van der Waals surface area contributed by atoms with Crippen molar-refractivity contribution in [2.24, 2.45) is 0 Å². The lowest BCUT2D eigenvalue weighted by molar-refractivity contribution is -0.137. The van der Waals surface area contributed by atoms with Gasteiger partial charge in [-0.1, -0.05) is 19.4 Å². The molecule has 0 bridgehead atoms. The molecule has 1 aromatic carbocycles. The van der Waals surface area contributed by atoms with Gasteiger partial charge in [-0.15, -0.1) is 0 Å². The highest BCUT2D eigenvalue weighted by atomic mass is 19.4. The Hall–Kier alpha value is -2.31. The van der Waals surface area contributed by atoms with Crippen LogP contribution in [0, 0.1) is 0 Å². The normalized spacial score (nSPS) is 11.6. The number of carbonyl (C=O) groups is 1. The average molecular weight is 299 g/mol. The number of halogens is 3. The van der Waals surface area contributed by atoms with Crippen LogP contribution in [0.15, 0.2) is 28.7 Å². The SMILES string of the molecule is CCCc1nc(-c2cccc(C(F)(F)F)c2)oc1C(=O)O. The van der Waals surface area contributed by atoms with Crippen LogP contribution >= 0.6 is 0 Å². The van der Waals surface area contributed by atoms with Crippen molar-refractivity contribution in [3.8, 4) is 11.5 Å².